The lowest BCUT2D eigenvalue weighted by Gasteiger charge is -2.04. The minimum atomic E-state index is -0.373. The van der Waals surface area contributed by atoms with Gasteiger partial charge in [0.15, 0.2) is 0 Å². The summed E-state index contributed by atoms with van der Waals surface area (Å²) in [4.78, 5) is 10.9. The van der Waals surface area contributed by atoms with Crippen molar-refractivity contribution in [1.29, 1.82) is 0 Å². The van der Waals surface area contributed by atoms with Gasteiger partial charge in [0.1, 0.15) is 0 Å². The van der Waals surface area contributed by atoms with Gasteiger partial charge in [0.25, 0.3) is 0 Å². The average Bonchev–Trinajstić information content (AvgIpc) is 2.50. The van der Waals surface area contributed by atoms with Crippen molar-refractivity contribution < 1.29 is 4.92 Å². The molecule has 1 aromatic heterocycles. The van der Waals surface area contributed by atoms with Crippen LogP contribution in [0, 0.1) is 16.0 Å². The summed E-state index contributed by atoms with van der Waals surface area (Å²) in [6.45, 7) is 7.93. The lowest BCUT2D eigenvalue weighted by atomic mass is 10.0. The van der Waals surface area contributed by atoms with Gasteiger partial charge in [-0.15, -0.1) is 0 Å². The summed E-state index contributed by atoms with van der Waals surface area (Å²) in [5, 5.41) is 10.6. The molecule has 70 valence electrons. The SMILES string of the molecule is C=C(c1ccc([N+](=O)[O-])s1)C(C)C. The van der Waals surface area contributed by atoms with E-state index in [2.05, 4.69) is 6.58 Å². The number of allylic oxidation sites excluding steroid dienone is 1. The molecule has 0 N–H and O–H groups in total. The van der Waals surface area contributed by atoms with Crippen LogP contribution in [0.3, 0.4) is 0 Å². The number of rotatable bonds is 3. The van der Waals surface area contributed by atoms with Crippen molar-refractivity contribution in [2.75, 3.05) is 0 Å². The van der Waals surface area contributed by atoms with E-state index in [0.717, 1.165) is 10.5 Å². The van der Waals surface area contributed by atoms with Crippen LogP contribution in [-0.4, -0.2) is 4.92 Å². The maximum Gasteiger partial charge on any atom is 0.324 e. The first-order valence-electron chi connectivity index (χ1n) is 3.95. The quantitative estimate of drug-likeness (QED) is 0.551. The number of hydrogen-bond donors (Lipinski definition) is 0. The molecule has 3 nitrogen and oxygen atoms in total. The molecule has 0 aliphatic rings. The maximum atomic E-state index is 10.4. The van der Waals surface area contributed by atoms with Crippen LogP contribution in [0.5, 0.6) is 0 Å². The Morgan fingerprint density at radius 2 is 2.23 bits per heavy atom. The van der Waals surface area contributed by atoms with Gasteiger partial charge in [-0.25, -0.2) is 0 Å². The summed E-state index contributed by atoms with van der Waals surface area (Å²) in [5.74, 6) is 0.332. The smallest absolute Gasteiger partial charge is 0.258 e. The van der Waals surface area contributed by atoms with Crippen molar-refractivity contribution in [3.8, 4) is 0 Å². The molecule has 0 aromatic carbocycles. The van der Waals surface area contributed by atoms with E-state index in [1.54, 1.807) is 6.07 Å². The molecule has 0 aliphatic heterocycles. The Kier molecular flexibility index (Phi) is 2.83. The van der Waals surface area contributed by atoms with E-state index in [1.807, 2.05) is 13.8 Å². The normalized spacial score (nSPS) is 10.4. The molecule has 0 spiro atoms. The van der Waals surface area contributed by atoms with Crippen molar-refractivity contribution in [2.45, 2.75) is 13.8 Å². The molecule has 0 radical (unpaired) electrons. The summed E-state index contributed by atoms with van der Waals surface area (Å²) in [7, 11) is 0. The van der Waals surface area contributed by atoms with Gasteiger partial charge >= 0.3 is 5.00 Å². The van der Waals surface area contributed by atoms with E-state index in [1.165, 1.54) is 17.4 Å². The lowest BCUT2D eigenvalue weighted by Crippen LogP contribution is -1.87. The fraction of sp³-hybridized carbons (Fsp3) is 0.333. The summed E-state index contributed by atoms with van der Waals surface area (Å²) in [6.07, 6.45) is 0. The molecular formula is C9H11NO2S. The Labute approximate surface area is 80.9 Å². The first kappa shape index (κ1) is 9.92. The van der Waals surface area contributed by atoms with Crippen molar-refractivity contribution >= 4 is 21.9 Å². The first-order valence-corrected chi connectivity index (χ1v) is 4.77. The second-order valence-corrected chi connectivity index (χ2v) is 4.14. The molecule has 0 unspecified atom stereocenters. The summed E-state index contributed by atoms with van der Waals surface area (Å²) in [6, 6.07) is 3.28. The van der Waals surface area contributed by atoms with E-state index in [4.69, 9.17) is 0 Å². The Hall–Kier alpha value is -1.16. The highest BCUT2D eigenvalue weighted by molar-refractivity contribution is 7.16. The molecule has 1 rings (SSSR count). The third kappa shape index (κ3) is 2.15. The minimum absolute atomic E-state index is 0.178. The van der Waals surface area contributed by atoms with Crippen LogP contribution < -0.4 is 0 Å². The fourth-order valence-electron chi connectivity index (χ4n) is 0.883. The van der Waals surface area contributed by atoms with E-state index >= 15 is 0 Å². The highest BCUT2D eigenvalue weighted by Gasteiger charge is 2.12. The Morgan fingerprint density at radius 3 is 2.62 bits per heavy atom. The van der Waals surface area contributed by atoms with Gasteiger partial charge in [-0.3, -0.25) is 10.1 Å². The standard InChI is InChI=1S/C9H11NO2S/c1-6(2)7(3)8-4-5-9(13-8)10(11)12/h4-6H,3H2,1-2H3. The highest BCUT2D eigenvalue weighted by atomic mass is 32.1. The Balaban J connectivity index is 2.92. The Morgan fingerprint density at radius 1 is 1.62 bits per heavy atom. The van der Waals surface area contributed by atoms with Crippen LogP contribution in [0.25, 0.3) is 5.57 Å². The number of thiophene rings is 1. The van der Waals surface area contributed by atoms with Crippen molar-refractivity contribution in [3.05, 3.63) is 33.7 Å². The molecule has 0 aliphatic carbocycles. The predicted molar refractivity (Wildman–Crippen MR) is 54.8 cm³/mol. The third-order valence-electron chi connectivity index (χ3n) is 1.79. The Bertz CT molecular complexity index is 341. The van der Waals surface area contributed by atoms with Gasteiger partial charge in [0.2, 0.25) is 0 Å². The second kappa shape index (κ2) is 3.70. The number of hydrogen-bond acceptors (Lipinski definition) is 3. The molecule has 13 heavy (non-hydrogen) atoms. The zero-order valence-corrected chi connectivity index (χ0v) is 8.43. The third-order valence-corrected chi connectivity index (χ3v) is 2.90. The van der Waals surface area contributed by atoms with Crippen LogP contribution in [-0.2, 0) is 0 Å². The molecule has 4 heteroatoms. The maximum absolute atomic E-state index is 10.4. The van der Waals surface area contributed by atoms with E-state index in [-0.39, 0.29) is 9.92 Å². The number of nitrogens with zero attached hydrogens (tertiary/aromatic N) is 1. The van der Waals surface area contributed by atoms with Gasteiger partial charge in [-0.1, -0.05) is 31.8 Å². The van der Waals surface area contributed by atoms with Gasteiger partial charge in [0, 0.05) is 10.9 Å². The second-order valence-electron chi connectivity index (χ2n) is 3.07. The fourth-order valence-corrected chi connectivity index (χ4v) is 1.82. The summed E-state index contributed by atoms with van der Waals surface area (Å²) < 4.78 is 0. The molecule has 1 aromatic rings. The first-order chi connectivity index (χ1) is 6.02. The van der Waals surface area contributed by atoms with Crippen molar-refractivity contribution in [1.82, 2.24) is 0 Å². The lowest BCUT2D eigenvalue weighted by molar-refractivity contribution is -0.380. The molecule has 0 saturated heterocycles. The van der Waals surface area contributed by atoms with Crippen LogP contribution in [0.4, 0.5) is 5.00 Å². The highest BCUT2D eigenvalue weighted by Crippen LogP contribution is 2.31. The van der Waals surface area contributed by atoms with E-state index in [9.17, 15) is 10.1 Å². The zero-order valence-electron chi connectivity index (χ0n) is 7.61. The molecule has 0 atom stereocenters. The minimum Gasteiger partial charge on any atom is -0.258 e. The topological polar surface area (TPSA) is 43.1 Å². The van der Waals surface area contributed by atoms with Crippen molar-refractivity contribution in [2.24, 2.45) is 5.92 Å². The molecular weight excluding hydrogens is 186 g/mol. The predicted octanol–water partition coefficient (Wildman–Crippen LogP) is 3.33. The van der Waals surface area contributed by atoms with Gasteiger partial charge < -0.3 is 0 Å². The van der Waals surface area contributed by atoms with E-state index in [0.29, 0.717) is 5.92 Å². The van der Waals surface area contributed by atoms with Gasteiger partial charge in [0.05, 0.1) is 4.92 Å². The summed E-state index contributed by atoms with van der Waals surface area (Å²) >= 11 is 1.18. The number of nitro groups is 1. The molecule has 0 bridgehead atoms. The molecule has 0 saturated carbocycles. The zero-order chi connectivity index (χ0) is 10.0. The van der Waals surface area contributed by atoms with Crippen LogP contribution in [0.15, 0.2) is 18.7 Å². The average molecular weight is 197 g/mol. The molecule has 0 amide bonds. The van der Waals surface area contributed by atoms with Crippen molar-refractivity contribution in [3.63, 3.8) is 0 Å². The van der Waals surface area contributed by atoms with Crippen LogP contribution in [0.2, 0.25) is 0 Å². The molecule has 1 heterocycles. The van der Waals surface area contributed by atoms with Crippen LogP contribution >= 0.6 is 11.3 Å². The van der Waals surface area contributed by atoms with E-state index < -0.39 is 0 Å². The molecule has 0 fully saturated rings. The van der Waals surface area contributed by atoms with Crippen LogP contribution in [0.1, 0.15) is 18.7 Å². The van der Waals surface area contributed by atoms with Gasteiger partial charge in [-0.05, 0) is 17.6 Å². The monoisotopic (exact) mass is 197 g/mol. The van der Waals surface area contributed by atoms with Gasteiger partial charge in [-0.2, -0.15) is 0 Å². The summed E-state index contributed by atoms with van der Waals surface area (Å²) in [5.41, 5.74) is 0.957. The largest absolute Gasteiger partial charge is 0.324 e.